The topological polar surface area (TPSA) is 34.6 Å². The van der Waals surface area contributed by atoms with Gasteiger partial charge in [-0.2, -0.15) is 0 Å². The van der Waals surface area contributed by atoms with Gasteiger partial charge < -0.3 is 14.4 Å². The van der Waals surface area contributed by atoms with E-state index in [4.69, 9.17) is 9.47 Å². The van der Waals surface area contributed by atoms with Crippen LogP contribution in [0.15, 0.2) is 12.4 Å². The van der Waals surface area contributed by atoms with Crippen molar-refractivity contribution in [2.24, 2.45) is 5.41 Å². The molecule has 1 aromatic rings. The van der Waals surface area contributed by atoms with Crippen molar-refractivity contribution in [2.45, 2.75) is 25.0 Å². The number of halogens is 2. The predicted molar refractivity (Wildman–Crippen MR) is 69.4 cm³/mol. The van der Waals surface area contributed by atoms with Crippen LogP contribution in [0.1, 0.15) is 19.3 Å². The summed E-state index contributed by atoms with van der Waals surface area (Å²) in [6.45, 7) is 1.26. The summed E-state index contributed by atoms with van der Waals surface area (Å²) < 4.78 is 38.3. The standard InChI is InChI=1S/C14H18F2N2O2/c1-19-14(20-2)7-13(8-14)3-4-18(9-13)12-10(15)5-17-6-11(12)16/h5-6H,3-4,7-9H2,1-2H3. The first-order chi connectivity index (χ1) is 9.53. The molecule has 1 saturated heterocycles. The predicted octanol–water partition coefficient (Wildman–Crippen LogP) is 2.34. The summed E-state index contributed by atoms with van der Waals surface area (Å²) in [5.74, 6) is -1.73. The number of pyridine rings is 1. The van der Waals surface area contributed by atoms with Crippen LogP contribution in [0.2, 0.25) is 0 Å². The fourth-order valence-corrected chi connectivity index (χ4v) is 3.58. The summed E-state index contributed by atoms with van der Waals surface area (Å²) in [6, 6.07) is 0. The summed E-state index contributed by atoms with van der Waals surface area (Å²) in [6.07, 6.45) is 4.52. The lowest BCUT2D eigenvalue weighted by molar-refractivity contribution is -0.292. The molecule has 0 aromatic carbocycles. The molecule has 0 bridgehead atoms. The molecule has 1 aromatic heterocycles. The molecule has 3 rings (SSSR count). The molecule has 1 aliphatic carbocycles. The molecule has 0 radical (unpaired) electrons. The zero-order valence-electron chi connectivity index (χ0n) is 11.7. The van der Waals surface area contributed by atoms with Crippen LogP contribution < -0.4 is 4.90 Å². The molecular weight excluding hydrogens is 266 g/mol. The summed E-state index contributed by atoms with van der Waals surface area (Å²) >= 11 is 0. The normalized spacial score (nSPS) is 23.1. The van der Waals surface area contributed by atoms with Gasteiger partial charge in [0.15, 0.2) is 17.4 Å². The summed E-state index contributed by atoms with van der Waals surface area (Å²) in [5, 5.41) is 0. The monoisotopic (exact) mass is 284 g/mol. The zero-order valence-corrected chi connectivity index (χ0v) is 11.7. The Kier molecular flexibility index (Phi) is 3.17. The maximum atomic E-state index is 13.8. The molecule has 1 spiro atoms. The number of ether oxygens (including phenoxy) is 2. The van der Waals surface area contributed by atoms with Gasteiger partial charge in [-0.1, -0.05) is 0 Å². The van der Waals surface area contributed by atoms with Crippen molar-refractivity contribution in [1.29, 1.82) is 0 Å². The molecule has 4 nitrogen and oxygen atoms in total. The van der Waals surface area contributed by atoms with Gasteiger partial charge in [-0.05, 0) is 11.8 Å². The first-order valence-corrected chi connectivity index (χ1v) is 6.67. The fourth-order valence-electron chi connectivity index (χ4n) is 3.58. The van der Waals surface area contributed by atoms with Crippen LogP contribution in [0.3, 0.4) is 0 Å². The van der Waals surface area contributed by atoms with Gasteiger partial charge in [0.05, 0.1) is 12.4 Å². The van der Waals surface area contributed by atoms with E-state index in [0.29, 0.717) is 13.1 Å². The van der Waals surface area contributed by atoms with Crippen LogP contribution in [0.5, 0.6) is 0 Å². The van der Waals surface area contributed by atoms with Crippen LogP contribution in [0.4, 0.5) is 14.5 Å². The van der Waals surface area contributed by atoms with Gasteiger partial charge in [-0.25, -0.2) is 8.78 Å². The van der Waals surface area contributed by atoms with Crippen molar-refractivity contribution in [3.8, 4) is 0 Å². The van der Waals surface area contributed by atoms with Gasteiger partial charge in [-0.15, -0.1) is 0 Å². The summed E-state index contributed by atoms with van der Waals surface area (Å²) in [7, 11) is 3.26. The van der Waals surface area contributed by atoms with Gasteiger partial charge in [0.25, 0.3) is 0 Å². The van der Waals surface area contributed by atoms with Gasteiger partial charge in [-0.3, -0.25) is 4.98 Å². The Morgan fingerprint density at radius 2 is 1.75 bits per heavy atom. The second kappa shape index (κ2) is 4.63. The van der Waals surface area contributed by atoms with E-state index in [0.717, 1.165) is 31.7 Å². The molecule has 20 heavy (non-hydrogen) atoms. The van der Waals surface area contributed by atoms with Crippen molar-refractivity contribution in [3.05, 3.63) is 24.0 Å². The Hall–Kier alpha value is -1.27. The average Bonchev–Trinajstić information content (AvgIpc) is 2.81. The maximum Gasteiger partial charge on any atom is 0.168 e. The van der Waals surface area contributed by atoms with E-state index in [1.807, 2.05) is 0 Å². The van der Waals surface area contributed by atoms with E-state index in [1.54, 1.807) is 19.1 Å². The number of aromatic nitrogens is 1. The van der Waals surface area contributed by atoms with E-state index >= 15 is 0 Å². The van der Waals surface area contributed by atoms with Gasteiger partial charge >= 0.3 is 0 Å². The van der Waals surface area contributed by atoms with Crippen molar-refractivity contribution >= 4 is 5.69 Å². The molecule has 0 N–H and O–H groups in total. The van der Waals surface area contributed by atoms with E-state index in [2.05, 4.69) is 4.98 Å². The number of hydrogen-bond acceptors (Lipinski definition) is 4. The highest BCUT2D eigenvalue weighted by molar-refractivity contribution is 5.49. The van der Waals surface area contributed by atoms with E-state index in [1.165, 1.54) is 0 Å². The molecule has 2 fully saturated rings. The number of nitrogens with zero attached hydrogens (tertiary/aromatic N) is 2. The van der Waals surface area contributed by atoms with E-state index < -0.39 is 17.4 Å². The highest BCUT2D eigenvalue weighted by atomic mass is 19.1. The lowest BCUT2D eigenvalue weighted by Crippen LogP contribution is -2.55. The van der Waals surface area contributed by atoms with Crippen molar-refractivity contribution < 1.29 is 18.3 Å². The highest BCUT2D eigenvalue weighted by Crippen LogP contribution is 2.56. The summed E-state index contributed by atoms with van der Waals surface area (Å²) in [5.41, 5.74) is 0.0676. The first kappa shape index (κ1) is 13.7. The quantitative estimate of drug-likeness (QED) is 0.798. The van der Waals surface area contributed by atoms with Crippen molar-refractivity contribution in [1.82, 2.24) is 4.98 Å². The molecule has 2 aliphatic rings. The third-order valence-electron chi connectivity index (χ3n) is 4.62. The lowest BCUT2D eigenvalue weighted by atomic mass is 9.64. The highest BCUT2D eigenvalue weighted by Gasteiger charge is 2.58. The Balaban J connectivity index is 1.76. The minimum absolute atomic E-state index is 0.0317. The third-order valence-corrected chi connectivity index (χ3v) is 4.62. The van der Waals surface area contributed by atoms with Crippen LogP contribution in [0, 0.1) is 17.0 Å². The Bertz CT molecular complexity index is 492. The Morgan fingerprint density at radius 3 is 2.30 bits per heavy atom. The second-order valence-electron chi connectivity index (χ2n) is 5.80. The third kappa shape index (κ3) is 1.98. The summed E-state index contributed by atoms with van der Waals surface area (Å²) in [4.78, 5) is 5.28. The lowest BCUT2D eigenvalue weighted by Gasteiger charge is -2.52. The molecule has 0 amide bonds. The van der Waals surface area contributed by atoms with Crippen LogP contribution in [0.25, 0.3) is 0 Å². The van der Waals surface area contributed by atoms with Crippen LogP contribution in [-0.4, -0.2) is 38.1 Å². The first-order valence-electron chi connectivity index (χ1n) is 6.67. The minimum Gasteiger partial charge on any atom is -0.366 e. The van der Waals surface area contributed by atoms with E-state index in [9.17, 15) is 8.78 Å². The molecule has 1 aliphatic heterocycles. The molecular formula is C14H18F2N2O2. The van der Waals surface area contributed by atoms with E-state index in [-0.39, 0.29) is 11.1 Å². The van der Waals surface area contributed by atoms with Crippen molar-refractivity contribution in [2.75, 3.05) is 32.2 Å². The SMILES string of the molecule is COC1(OC)CC2(CCN(c3c(F)cncc3F)C2)C1. The zero-order chi connectivity index (χ0) is 14.4. The van der Waals surface area contributed by atoms with Gasteiger partial charge in [0, 0.05) is 40.2 Å². The fraction of sp³-hybridized carbons (Fsp3) is 0.643. The molecule has 110 valence electrons. The van der Waals surface area contributed by atoms with Crippen molar-refractivity contribution in [3.63, 3.8) is 0 Å². The smallest absolute Gasteiger partial charge is 0.168 e. The molecule has 1 saturated carbocycles. The maximum absolute atomic E-state index is 13.8. The number of hydrogen-bond donors (Lipinski definition) is 0. The van der Waals surface area contributed by atoms with Crippen LogP contribution >= 0.6 is 0 Å². The largest absolute Gasteiger partial charge is 0.366 e. The van der Waals surface area contributed by atoms with Gasteiger partial charge in [0.1, 0.15) is 5.69 Å². The number of anilines is 1. The Labute approximate surface area is 116 Å². The number of methoxy groups -OCH3 is 2. The minimum atomic E-state index is -0.605. The molecule has 0 unspecified atom stereocenters. The number of rotatable bonds is 3. The molecule has 6 heteroatoms. The molecule has 0 atom stereocenters. The Morgan fingerprint density at radius 1 is 1.15 bits per heavy atom. The second-order valence-corrected chi connectivity index (χ2v) is 5.80. The molecule has 2 heterocycles. The van der Waals surface area contributed by atoms with Crippen LogP contribution in [-0.2, 0) is 9.47 Å². The van der Waals surface area contributed by atoms with Gasteiger partial charge in [0.2, 0.25) is 0 Å². The average molecular weight is 284 g/mol.